The van der Waals surface area contributed by atoms with Crippen molar-refractivity contribution in [1.82, 2.24) is 15.1 Å². The number of hydrogen-bond acceptors (Lipinski definition) is 3. The highest BCUT2D eigenvalue weighted by molar-refractivity contribution is 5.89. The highest BCUT2D eigenvalue weighted by Gasteiger charge is 2.20. The van der Waals surface area contributed by atoms with E-state index in [1.54, 1.807) is 0 Å². The average molecular weight is 272 g/mol. The predicted molar refractivity (Wildman–Crippen MR) is 84.0 cm³/mol. The summed E-state index contributed by atoms with van der Waals surface area (Å²) in [6.07, 6.45) is 4.32. The fourth-order valence-electron chi connectivity index (χ4n) is 3.09. The number of H-pyrrole nitrogens is 1. The molecule has 4 nitrogen and oxygen atoms in total. The van der Waals surface area contributed by atoms with Gasteiger partial charge in [-0.05, 0) is 24.8 Å². The molecule has 1 aliphatic heterocycles. The largest absolute Gasteiger partial charge is 0.380 e. The fraction of sp³-hybridized carbons (Fsp3) is 0.562. The number of benzene rings is 1. The summed E-state index contributed by atoms with van der Waals surface area (Å²) < 4.78 is 0. The van der Waals surface area contributed by atoms with E-state index in [0.717, 1.165) is 11.4 Å². The maximum absolute atomic E-state index is 4.13. The molecular weight excluding hydrogens is 248 g/mol. The minimum absolute atomic E-state index is 0.576. The van der Waals surface area contributed by atoms with Crippen LogP contribution in [0, 0.1) is 5.92 Å². The number of para-hydroxylation sites is 1. The fourth-order valence-corrected chi connectivity index (χ4v) is 3.09. The van der Waals surface area contributed by atoms with Crippen LogP contribution in [0.25, 0.3) is 10.9 Å². The van der Waals surface area contributed by atoms with E-state index in [1.807, 2.05) is 6.20 Å². The van der Waals surface area contributed by atoms with Crippen LogP contribution in [0.1, 0.15) is 26.7 Å². The minimum atomic E-state index is 0.576. The van der Waals surface area contributed by atoms with Gasteiger partial charge in [-0.15, -0.1) is 0 Å². The molecule has 0 saturated carbocycles. The molecule has 1 fully saturated rings. The molecule has 0 unspecified atom stereocenters. The third kappa shape index (κ3) is 2.96. The second-order valence-electron chi connectivity index (χ2n) is 6.25. The van der Waals surface area contributed by atoms with E-state index < -0.39 is 0 Å². The van der Waals surface area contributed by atoms with Crippen LogP contribution in [0.15, 0.2) is 24.4 Å². The molecule has 0 atom stereocenters. The zero-order valence-corrected chi connectivity index (χ0v) is 12.4. The van der Waals surface area contributed by atoms with Crippen LogP contribution in [0.3, 0.4) is 0 Å². The molecule has 108 valence electrons. The van der Waals surface area contributed by atoms with Gasteiger partial charge in [-0.25, -0.2) is 0 Å². The molecule has 4 heteroatoms. The van der Waals surface area contributed by atoms with Gasteiger partial charge in [0.15, 0.2) is 0 Å². The Morgan fingerprint density at radius 2 is 2.15 bits per heavy atom. The second kappa shape index (κ2) is 5.83. The van der Waals surface area contributed by atoms with E-state index in [2.05, 4.69) is 52.5 Å². The summed E-state index contributed by atoms with van der Waals surface area (Å²) in [6.45, 7) is 8.22. The highest BCUT2D eigenvalue weighted by Crippen LogP contribution is 2.23. The summed E-state index contributed by atoms with van der Waals surface area (Å²) in [5.41, 5.74) is 2.31. The third-order valence-corrected chi connectivity index (χ3v) is 4.05. The summed E-state index contributed by atoms with van der Waals surface area (Å²) in [5.74, 6) is 0.762. The van der Waals surface area contributed by atoms with E-state index in [9.17, 15) is 0 Å². The van der Waals surface area contributed by atoms with Crippen LogP contribution < -0.4 is 5.32 Å². The molecule has 2 N–H and O–H groups in total. The van der Waals surface area contributed by atoms with E-state index in [0.29, 0.717) is 6.04 Å². The Morgan fingerprint density at radius 3 is 2.90 bits per heavy atom. The van der Waals surface area contributed by atoms with E-state index >= 15 is 0 Å². The van der Waals surface area contributed by atoms with Crippen LogP contribution in [0.4, 0.5) is 5.69 Å². The van der Waals surface area contributed by atoms with Crippen LogP contribution in [0.2, 0.25) is 0 Å². The van der Waals surface area contributed by atoms with Crippen molar-refractivity contribution in [2.75, 3.05) is 25.0 Å². The standard InChI is InChI=1S/C16H24N4/c1-12(2)11-20-8-6-14(7-9-20)18-15-5-3-4-13-10-17-19-16(13)15/h3-5,10,12,14,18H,6-9,11H2,1-2H3,(H,17,19). The van der Waals surface area contributed by atoms with E-state index in [-0.39, 0.29) is 0 Å². The summed E-state index contributed by atoms with van der Waals surface area (Å²) in [6, 6.07) is 6.90. The lowest BCUT2D eigenvalue weighted by atomic mass is 10.0. The first-order chi connectivity index (χ1) is 9.72. The van der Waals surface area contributed by atoms with Gasteiger partial charge in [0.25, 0.3) is 0 Å². The molecule has 1 aromatic carbocycles. The van der Waals surface area contributed by atoms with Gasteiger partial charge in [0.1, 0.15) is 0 Å². The summed E-state index contributed by atoms with van der Waals surface area (Å²) in [4.78, 5) is 2.58. The zero-order chi connectivity index (χ0) is 13.9. The lowest BCUT2D eigenvalue weighted by Crippen LogP contribution is -2.40. The van der Waals surface area contributed by atoms with Crippen LogP contribution in [0.5, 0.6) is 0 Å². The topological polar surface area (TPSA) is 44.0 Å². The monoisotopic (exact) mass is 272 g/mol. The van der Waals surface area contributed by atoms with Crippen LogP contribution >= 0.6 is 0 Å². The Labute approximate surface area is 120 Å². The Balaban J connectivity index is 1.61. The molecule has 0 bridgehead atoms. The quantitative estimate of drug-likeness (QED) is 0.899. The number of aromatic nitrogens is 2. The van der Waals surface area contributed by atoms with E-state index in [1.165, 1.54) is 43.5 Å². The maximum atomic E-state index is 4.13. The Kier molecular flexibility index (Phi) is 3.92. The minimum Gasteiger partial charge on any atom is -0.380 e. The van der Waals surface area contributed by atoms with Crippen molar-refractivity contribution >= 4 is 16.6 Å². The van der Waals surface area contributed by atoms with Crippen molar-refractivity contribution in [1.29, 1.82) is 0 Å². The Bertz CT molecular complexity index is 552. The number of aromatic amines is 1. The molecule has 20 heavy (non-hydrogen) atoms. The molecular formula is C16H24N4. The summed E-state index contributed by atoms with van der Waals surface area (Å²) in [7, 11) is 0. The number of nitrogens with zero attached hydrogens (tertiary/aromatic N) is 2. The smallest absolute Gasteiger partial charge is 0.0881 e. The molecule has 0 amide bonds. The molecule has 1 aromatic heterocycles. The zero-order valence-electron chi connectivity index (χ0n) is 12.4. The molecule has 3 rings (SSSR count). The first kappa shape index (κ1) is 13.4. The van der Waals surface area contributed by atoms with Crippen molar-refractivity contribution in [3.63, 3.8) is 0 Å². The average Bonchev–Trinajstić information content (AvgIpc) is 2.90. The van der Waals surface area contributed by atoms with Crippen molar-refractivity contribution in [3.8, 4) is 0 Å². The van der Waals surface area contributed by atoms with Gasteiger partial charge in [0, 0.05) is 31.1 Å². The molecule has 0 aliphatic carbocycles. The molecule has 1 saturated heterocycles. The number of hydrogen-bond donors (Lipinski definition) is 2. The lowest BCUT2D eigenvalue weighted by Gasteiger charge is -2.33. The number of piperidine rings is 1. The van der Waals surface area contributed by atoms with Gasteiger partial charge < -0.3 is 10.2 Å². The Hall–Kier alpha value is -1.55. The predicted octanol–water partition coefficient (Wildman–Crippen LogP) is 3.10. The van der Waals surface area contributed by atoms with Gasteiger partial charge in [-0.3, -0.25) is 5.10 Å². The van der Waals surface area contributed by atoms with Crippen molar-refractivity contribution in [2.24, 2.45) is 5.92 Å². The molecule has 2 aromatic rings. The van der Waals surface area contributed by atoms with E-state index in [4.69, 9.17) is 0 Å². The number of nitrogens with one attached hydrogen (secondary N) is 2. The normalized spacial score (nSPS) is 17.9. The van der Waals surface area contributed by atoms with Crippen LogP contribution in [-0.4, -0.2) is 40.8 Å². The SMILES string of the molecule is CC(C)CN1CCC(Nc2cccc3cn[nH]c23)CC1. The van der Waals surface area contributed by atoms with Gasteiger partial charge in [0.05, 0.1) is 17.4 Å². The Morgan fingerprint density at radius 1 is 1.35 bits per heavy atom. The first-order valence-electron chi connectivity index (χ1n) is 7.63. The van der Waals surface area contributed by atoms with Gasteiger partial charge >= 0.3 is 0 Å². The van der Waals surface area contributed by atoms with Crippen molar-refractivity contribution in [2.45, 2.75) is 32.7 Å². The second-order valence-corrected chi connectivity index (χ2v) is 6.25. The number of rotatable bonds is 4. The van der Waals surface area contributed by atoms with Crippen molar-refractivity contribution in [3.05, 3.63) is 24.4 Å². The number of anilines is 1. The number of likely N-dealkylation sites (tertiary alicyclic amines) is 1. The third-order valence-electron chi connectivity index (χ3n) is 4.05. The highest BCUT2D eigenvalue weighted by atomic mass is 15.1. The summed E-state index contributed by atoms with van der Waals surface area (Å²) in [5, 5.41) is 12.1. The molecule has 0 radical (unpaired) electrons. The maximum Gasteiger partial charge on any atom is 0.0881 e. The molecule has 1 aliphatic rings. The molecule has 0 spiro atoms. The summed E-state index contributed by atoms with van der Waals surface area (Å²) >= 11 is 0. The first-order valence-corrected chi connectivity index (χ1v) is 7.63. The van der Waals surface area contributed by atoms with Gasteiger partial charge in [-0.1, -0.05) is 26.0 Å². The number of fused-ring (bicyclic) bond motifs is 1. The van der Waals surface area contributed by atoms with Crippen LogP contribution in [-0.2, 0) is 0 Å². The molecule has 2 heterocycles. The van der Waals surface area contributed by atoms with Crippen molar-refractivity contribution < 1.29 is 0 Å². The lowest BCUT2D eigenvalue weighted by molar-refractivity contribution is 0.198. The van der Waals surface area contributed by atoms with Gasteiger partial charge in [-0.2, -0.15) is 5.10 Å². The van der Waals surface area contributed by atoms with Gasteiger partial charge in [0.2, 0.25) is 0 Å².